The summed E-state index contributed by atoms with van der Waals surface area (Å²) in [7, 11) is 0. The summed E-state index contributed by atoms with van der Waals surface area (Å²) in [4.78, 5) is 19.2. The molecule has 1 aromatic heterocycles. The number of hydrogen-bond acceptors (Lipinski definition) is 2. The fraction of sp³-hybridized carbons (Fsp3) is 0.368. The monoisotopic (exact) mass is 328 g/mol. The lowest BCUT2D eigenvalue weighted by Gasteiger charge is -2.30. The summed E-state index contributed by atoms with van der Waals surface area (Å²) in [5.41, 5.74) is 3.37. The number of carbonyl (C=O) groups is 1. The van der Waals surface area contributed by atoms with Gasteiger partial charge in [0.25, 0.3) is 5.91 Å². The van der Waals surface area contributed by atoms with Crippen molar-refractivity contribution in [3.63, 3.8) is 0 Å². The molecule has 1 fully saturated rings. The molecule has 1 aliphatic heterocycles. The Morgan fingerprint density at radius 3 is 2.70 bits per heavy atom. The Kier molecular flexibility index (Phi) is 4.67. The number of halogens is 1. The number of carbonyl (C=O) groups excluding carboxylic acids is 1. The molecule has 3 rings (SSSR count). The average molecular weight is 329 g/mol. The van der Waals surface area contributed by atoms with Crippen LogP contribution in [0.2, 0.25) is 5.02 Å². The Morgan fingerprint density at radius 2 is 1.96 bits per heavy atom. The first kappa shape index (κ1) is 16.0. The molecule has 1 amide bonds. The SMILES string of the molecule is Cc1ccc(Cl)cc1-c1cccc(C(=O)N2CCC(C)CC2)n1. The van der Waals surface area contributed by atoms with E-state index in [9.17, 15) is 4.79 Å². The van der Waals surface area contributed by atoms with E-state index in [1.807, 2.05) is 42.2 Å². The number of rotatable bonds is 2. The minimum absolute atomic E-state index is 0.0263. The van der Waals surface area contributed by atoms with Gasteiger partial charge in [-0.3, -0.25) is 4.79 Å². The van der Waals surface area contributed by atoms with Gasteiger partial charge in [0, 0.05) is 23.7 Å². The summed E-state index contributed by atoms with van der Waals surface area (Å²) in [5.74, 6) is 0.728. The lowest BCUT2D eigenvalue weighted by molar-refractivity contribution is 0.0691. The van der Waals surface area contributed by atoms with E-state index in [0.29, 0.717) is 16.6 Å². The molecule has 0 aliphatic carbocycles. The fourth-order valence-electron chi connectivity index (χ4n) is 2.95. The zero-order valence-corrected chi connectivity index (χ0v) is 14.3. The van der Waals surface area contributed by atoms with Crippen LogP contribution in [-0.2, 0) is 0 Å². The smallest absolute Gasteiger partial charge is 0.272 e. The molecule has 0 spiro atoms. The van der Waals surface area contributed by atoms with Crippen molar-refractivity contribution in [3.8, 4) is 11.3 Å². The Labute approximate surface area is 142 Å². The van der Waals surface area contributed by atoms with Gasteiger partial charge in [-0.2, -0.15) is 0 Å². The molecule has 1 saturated heterocycles. The molecule has 120 valence electrons. The standard InChI is InChI=1S/C19H21ClN2O/c1-13-8-10-22(11-9-13)19(23)18-5-3-4-17(21-18)16-12-15(20)7-6-14(16)2/h3-7,12-13H,8-11H2,1-2H3. The van der Waals surface area contributed by atoms with Crippen molar-refractivity contribution in [2.75, 3.05) is 13.1 Å². The number of pyridine rings is 1. The molecule has 0 N–H and O–H groups in total. The maximum absolute atomic E-state index is 12.7. The molecule has 0 unspecified atom stereocenters. The third-order valence-corrected chi connectivity index (χ3v) is 4.75. The summed E-state index contributed by atoms with van der Waals surface area (Å²) in [6, 6.07) is 11.3. The summed E-state index contributed by atoms with van der Waals surface area (Å²) >= 11 is 6.10. The van der Waals surface area contributed by atoms with Crippen LogP contribution in [0.15, 0.2) is 36.4 Å². The number of likely N-dealkylation sites (tertiary alicyclic amines) is 1. The highest BCUT2D eigenvalue weighted by atomic mass is 35.5. The predicted molar refractivity (Wildman–Crippen MR) is 93.7 cm³/mol. The second-order valence-electron chi connectivity index (χ2n) is 6.34. The largest absolute Gasteiger partial charge is 0.337 e. The summed E-state index contributed by atoms with van der Waals surface area (Å²) in [5, 5.41) is 0.675. The number of aromatic nitrogens is 1. The maximum atomic E-state index is 12.7. The zero-order chi connectivity index (χ0) is 16.4. The van der Waals surface area contributed by atoms with E-state index in [0.717, 1.165) is 42.8 Å². The molecule has 4 heteroatoms. The number of hydrogen-bond donors (Lipinski definition) is 0. The quantitative estimate of drug-likeness (QED) is 0.808. The van der Waals surface area contributed by atoms with Gasteiger partial charge in [-0.1, -0.05) is 30.7 Å². The van der Waals surface area contributed by atoms with Crippen LogP contribution in [0.4, 0.5) is 0 Å². The minimum Gasteiger partial charge on any atom is -0.337 e. The maximum Gasteiger partial charge on any atom is 0.272 e. The molecular formula is C19H21ClN2O. The van der Waals surface area contributed by atoms with Crippen molar-refractivity contribution in [2.24, 2.45) is 5.92 Å². The normalized spacial score (nSPS) is 15.7. The zero-order valence-electron chi connectivity index (χ0n) is 13.6. The first-order valence-electron chi connectivity index (χ1n) is 8.07. The summed E-state index contributed by atoms with van der Waals surface area (Å²) < 4.78 is 0. The van der Waals surface area contributed by atoms with Crippen molar-refractivity contribution >= 4 is 17.5 Å². The average Bonchev–Trinajstić information content (AvgIpc) is 2.57. The molecule has 2 heterocycles. The predicted octanol–water partition coefficient (Wildman–Crippen LogP) is 4.58. The molecule has 0 radical (unpaired) electrons. The van der Waals surface area contributed by atoms with Crippen LogP contribution in [0.25, 0.3) is 11.3 Å². The topological polar surface area (TPSA) is 33.2 Å². The van der Waals surface area contributed by atoms with Crippen LogP contribution in [0, 0.1) is 12.8 Å². The van der Waals surface area contributed by atoms with Gasteiger partial charge in [-0.15, -0.1) is 0 Å². The highest BCUT2D eigenvalue weighted by molar-refractivity contribution is 6.30. The molecule has 1 aliphatic rings. The third-order valence-electron chi connectivity index (χ3n) is 4.51. The van der Waals surface area contributed by atoms with E-state index >= 15 is 0 Å². The number of piperidine rings is 1. The number of aryl methyl sites for hydroxylation is 1. The van der Waals surface area contributed by atoms with Crippen LogP contribution in [-0.4, -0.2) is 28.9 Å². The van der Waals surface area contributed by atoms with Crippen LogP contribution in [0.3, 0.4) is 0 Å². The van der Waals surface area contributed by atoms with Gasteiger partial charge >= 0.3 is 0 Å². The van der Waals surface area contributed by atoms with Crippen LogP contribution in [0.5, 0.6) is 0 Å². The second kappa shape index (κ2) is 6.71. The van der Waals surface area contributed by atoms with E-state index in [2.05, 4.69) is 11.9 Å². The Balaban J connectivity index is 1.88. The Morgan fingerprint density at radius 1 is 1.22 bits per heavy atom. The number of benzene rings is 1. The first-order valence-corrected chi connectivity index (χ1v) is 8.45. The highest BCUT2D eigenvalue weighted by Gasteiger charge is 2.22. The second-order valence-corrected chi connectivity index (χ2v) is 6.78. The lowest BCUT2D eigenvalue weighted by Crippen LogP contribution is -2.38. The molecule has 3 nitrogen and oxygen atoms in total. The van der Waals surface area contributed by atoms with Crippen molar-refractivity contribution in [3.05, 3.63) is 52.7 Å². The first-order chi connectivity index (χ1) is 11.0. The van der Waals surface area contributed by atoms with Crippen LogP contribution in [0.1, 0.15) is 35.8 Å². The molecule has 1 aromatic carbocycles. The van der Waals surface area contributed by atoms with Gasteiger partial charge in [-0.05, 0) is 55.5 Å². The Hall–Kier alpha value is -1.87. The molecule has 0 saturated carbocycles. The van der Waals surface area contributed by atoms with E-state index in [4.69, 9.17) is 11.6 Å². The van der Waals surface area contributed by atoms with Gasteiger partial charge < -0.3 is 4.90 Å². The van der Waals surface area contributed by atoms with E-state index in [1.165, 1.54) is 0 Å². The number of amides is 1. The van der Waals surface area contributed by atoms with Crippen LogP contribution < -0.4 is 0 Å². The van der Waals surface area contributed by atoms with Crippen LogP contribution >= 0.6 is 11.6 Å². The van der Waals surface area contributed by atoms with E-state index in [1.54, 1.807) is 6.07 Å². The highest BCUT2D eigenvalue weighted by Crippen LogP contribution is 2.26. The molecule has 23 heavy (non-hydrogen) atoms. The van der Waals surface area contributed by atoms with Gasteiger partial charge in [0.2, 0.25) is 0 Å². The summed E-state index contributed by atoms with van der Waals surface area (Å²) in [6.45, 7) is 5.90. The molecule has 0 bridgehead atoms. The molecular weight excluding hydrogens is 308 g/mol. The van der Waals surface area contributed by atoms with Gasteiger partial charge in [0.1, 0.15) is 5.69 Å². The van der Waals surface area contributed by atoms with Crippen molar-refractivity contribution in [2.45, 2.75) is 26.7 Å². The van der Waals surface area contributed by atoms with Crippen molar-refractivity contribution < 1.29 is 4.79 Å². The van der Waals surface area contributed by atoms with Gasteiger partial charge in [-0.25, -0.2) is 4.98 Å². The van der Waals surface area contributed by atoms with Crippen molar-refractivity contribution in [1.29, 1.82) is 0 Å². The van der Waals surface area contributed by atoms with E-state index in [-0.39, 0.29) is 5.91 Å². The lowest BCUT2D eigenvalue weighted by atomic mass is 9.99. The third kappa shape index (κ3) is 3.56. The van der Waals surface area contributed by atoms with E-state index < -0.39 is 0 Å². The van der Waals surface area contributed by atoms with Crippen molar-refractivity contribution in [1.82, 2.24) is 9.88 Å². The molecule has 2 aromatic rings. The minimum atomic E-state index is 0.0263. The Bertz CT molecular complexity index is 721. The van der Waals surface area contributed by atoms with Gasteiger partial charge in [0.05, 0.1) is 5.69 Å². The summed E-state index contributed by atoms with van der Waals surface area (Å²) in [6.07, 6.45) is 2.14. The molecule has 0 atom stereocenters. The van der Waals surface area contributed by atoms with Gasteiger partial charge in [0.15, 0.2) is 0 Å². The number of nitrogens with zero attached hydrogens (tertiary/aromatic N) is 2. The fourth-order valence-corrected chi connectivity index (χ4v) is 3.12.